The number of rotatable bonds is 5. The SMILES string of the molecule is OCOc1ccccc1.[CH]=C(Cc1ccccc1)OC. The zero-order valence-corrected chi connectivity index (χ0v) is 11.5. The van der Waals surface area contributed by atoms with E-state index in [4.69, 9.17) is 21.2 Å². The molecule has 0 spiro atoms. The second kappa shape index (κ2) is 9.64. The summed E-state index contributed by atoms with van der Waals surface area (Å²) in [5, 5.41) is 8.30. The maximum Gasteiger partial charge on any atom is 0.186 e. The number of benzene rings is 2. The molecule has 3 nitrogen and oxygen atoms in total. The molecule has 1 radical (unpaired) electrons. The van der Waals surface area contributed by atoms with Gasteiger partial charge in [-0.1, -0.05) is 48.5 Å². The van der Waals surface area contributed by atoms with Gasteiger partial charge in [0.15, 0.2) is 6.79 Å². The molecule has 0 saturated carbocycles. The topological polar surface area (TPSA) is 38.7 Å². The summed E-state index contributed by atoms with van der Waals surface area (Å²) in [5.74, 6) is 1.25. The Labute approximate surface area is 120 Å². The van der Waals surface area contributed by atoms with Crippen LogP contribution in [0.15, 0.2) is 66.4 Å². The third-order valence-corrected chi connectivity index (χ3v) is 2.46. The predicted molar refractivity (Wildman–Crippen MR) is 79.1 cm³/mol. The Morgan fingerprint density at radius 1 is 1.00 bits per heavy atom. The monoisotopic (exact) mass is 271 g/mol. The lowest BCUT2D eigenvalue weighted by atomic mass is 10.1. The minimum absolute atomic E-state index is 0.260. The van der Waals surface area contributed by atoms with Crippen molar-refractivity contribution in [2.75, 3.05) is 13.9 Å². The highest BCUT2D eigenvalue weighted by atomic mass is 16.6. The quantitative estimate of drug-likeness (QED) is 0.670. The van der Waals surface area contributed by atoms with Crippen LogP contribution in [-0.4, -0.2) is 19.0 Å². The first kappa shape index (κ1) is 15.8. The van der Waals surface area contributed by atoms with Crippen LogP contribution in [0, 0.1) is 6.58 Å². The third-order valence-electron chi connectivity index (χ3n) is 2.46. The summed E-state index contributed by atoms with van der Waals surface area (Å²) in [7, 11) is 1.58. The van der Waals surface area contributed by atoms with Crippen molar-refractivity contribution in [3.8, 4) is 5.75 Å². The molecule has 105 valence electrons. The zero-order valence-electron chi connectivity index (χ0n) is 11.5. The molecule has 0 fully saturated rings. The average Bonchev–Trinajstić information content (AvgIpc) is 2.50. The molecular formula is C17H19O3. The molecule has 0 aliphatic rings. The summed E-state index contributed by atoms with van der Waals surface area (Å²) >= 11 is 0. The molecule has 0 heterocycles. The number of aliphatic hydroxyl groups excluding tert-OH is 1. The highest BCUT2D eigenvalue weighted by Crippen LogP contribution is 2.06. The van der Waals surface area contributed by atoms with Crippen LogP contribution in [0.2, 0.25) is 0 Å². The van der Waals surface area contributed by atoms with Gasteiger partial charge in [-0.25, -0.2) is 0 Å². The molecule has 0 saturated heterocycles. The minimum atomic E-state index is -0.260. The molecule has 0 unspecified atom stereocenters. The third kappa shape index (κ3) is 6.61. The fraction of sp³-hybridized carbons (Fsp3) is 0.176. The first-order chi connectivity index (χ1) is 9.76. The normalized spacial score (nSPS) is 9.10. The second-order valence-electron chi connectivity index (χ2n) is 3.92. The molecule has 0 atom stereocenters. The van der Waals surface area contributed by atoms with Gasteiger partial charge in [0, 0.05) is 6.42 Å². The molecule has 0 aliphatic carbocycles. The predicted octanol–water partition coefficient (Wildman–Crippen LogP) is 3.21. The van der Waals surface area contributed by atoms with Gasteiger partial charge in [0.2, 0.25) is 0 Å². The van der Waals surface area contributed by atoms with Gasteiger partial charge in [-0.2, -0.15) is 0 Å². The molecule has 3 heteroatoms. The van der Waals surface area contributed by atoms with Crippen LogP contribution in [0.4, 0.5) is 0 Å². The van der Waals surface area contributed by atoms with Crippen LogP contribution in [0.3, 0.4) is 0 Å². The van der Waals surface area contributed by atoms with Crippen molar-refractivity contribution in [1.29, 1.82) is 0 Å². The Bertz CT molecular complexity index is 480. The molecule has 20 heavy (non-hydrogen) atoms. The number of hydrogen-bond acceptors (Lipinski definition) is 3. The van der Waals surface area contributed by atoms with Crippen molar-refractivity contribution in [3.05, 3.63) is 78.6 Å². The number of aliphatic hydroxyl groups is 1. The number of methoxy groups -OCH3 is 1. The van der Waals surface area contributed by atoms with Gasteiger partial charge < -0.3 is 14.6 Å². The van der Waals surface area contributed by atoms with Crippen molar-refractivity contribution in [2.24, 2.45) is 0 Å². The summed E-state index contributed by atoms with van der Waals surface area (Å²) in [4.78, 5) is 0. The number of ether oxygens (including phenoxy) is 2. The number of hydrogen-bond donors (Lipinski definition) is 1. The van der Waals surface area contributed by atoms with E-state index >= 15 is 0 Å². The van der Waals surface area contributed by atoms with Crippen molar-refractivity contribution in [3.63, 3.8) is 0 Å². The maximum absolute atomic E-state index is 8.30. The molecule has 2 aromatic rings. The largest absolute Gasteiger partial charge is 0.501 e. The Morgan fingerprint density at radius 2 is 1.55 bits per heavy atom. The van der Waals surface area contributed by atoms with Gasteiger partial charge >= 0.3 is 0 Å². The lowest BCUT2D eigenvalue weighted by Gasteiger charge is -2.02. The fourth-order valence-corrected chi connectivity index (χ4v) is 1.46. The van der Waals surface area contributed by atoms with Gasteiger partial charge in [0.1, 0.15) is 5.75 Å². The summed E-state index contributed by atoms with van der Waals surface area (Å²) in [6.45, 7) is 5.24. The highest BCUT2D eigenvalue weighted by Gasteiger charge is 1.93. The van der Waals surface area contributed by atoms with Crippen LogP contribution in [-0.2, 0) is 11.2 Å². The van der Waals surface area contributed by atoms with Gasteiger partial charge in [0.05, 0.1) is 12.9 Å². The molecule has 0 aromatic heterocycles. The van der Waals surface area contributed by atoms with Crippen molar-refractivity contribution in [2.45, 2.75) is 6.42 Å². The Hall–Kier alpha value is -2.26. The van der Waals surface area contributed by atoms with Crippen LogP contribution in [0.1, 0.15) is 5.56 Å². The van der Waals surface area contributed by atoms with E-state index < -0.39 is 0 Å². The molecular weight excluding hydrogens is 252 g/mol. The highest BCUT2D eigenvalue weighted by molar-refractivity contribution is 5.20. The molecule has 2 aromatic carbocycles. The van der Waals surface area contributed by atoms with Gasteiger partial charge in [0.25, 0.3) is 0 Å². The smallest absolute Gasteiger partial charge is 0.186 e. The van der Waals surface area contributed by atoms with E-state index in [1.165, 1.54) is 5.56 Å². The zero-order chi connectivity index (χ0) is 14.6. The first-order valence-corrected chi connectivity index (χ1v) is 6.24. The Balaban J connectivity index is 0.000000204. The summed E-state index contributed by atoms with van der Waals surface area (Å²) in [6.07, 6.45) is 0.692. The Morgan fingerprint density at radius 3 is 2.05 bits per heavy atom. The summed E-state index contributed by atoms with van der Waals surface area (Å²) in [5.41, 5.74) is 1.17. The minimum Gasteiger partial charge on any atom is -0.501 e. The summed E-state index contributed by atoms with van der Waals surface area (Å²) < 4.78 is 9.61. The molecule has 1 N–H and O–H groups in total. The van der Waals surface area contributed by atoms with E-state index in [0.29, 0.717) is 17.9 Å². The van der Waals surface area contributed by atoms with Crippen LogP contribution in [0.5, 0.6) is 5.75 Å². The number of allylic oxidation sites excluding steroid dienone is 1. The Kier molecular flexibility index (Phi) is 7.62. The van der Waals surface area contributed by atoms with Crippen molar-refractivity contribution in [1.82, 2.24) is 0 Å². The van der Waals surface area contributed by atoms with E-state index in [0.717, 1.165) is 0 Å². The van der Waals surface area contributed by atoms with E-state index in [9.17, 15) is 0 Å². The lowest BCUT2D eigenvalue weighted by molar-refractivity contribution is 0.0985. The van der Waals surface area contributed by atoms with Gasteiger partial charge in [-0.15, -0.1) is 0 Å². The summed E-state index contributed by atoms with van der Waals surface area (Å²) in [6, 6.07) is 19.2. The van der Waals surface area contributed by atoms with Crippen molar-refractivity contribution < 1.29 is 14.6 Å². The lowest BCUT2D eigenvalue weighted by Crippen LogP contribution is -1.93. The fourth-order valence-electron chi connectivity index (χ4n) is 1.46. The maximum atomic E-state index is 8.30. The van der Waals surface area contributed by atoms with E-state index in [-0.39, 0.29) is 6.79 Å². The molecule has 2 rings (SSSR count). The van der Waals surface area contributed by atoms with E-state index in [1.807, 2.05) is 48.5 Å². The average molecular weight is 271 g/mol. The molecule has 0 aliphatic heterocycles. The molecule has 0 amide bonds. The standard InChI is InChI=1S/C10H11O.C7H8O2/c1-9(11-2)8-10-6-4-3-5-7-10;8-6-9-7-4-2-1-3-5-7/h1,3-7H,8H2,2H3;1-5,8H,6H2. The van der Waals surface area contributed by atoms with E-state index in [1.54, 1.807) is 19.2 Å². The first-order valence-electron chi connectivity index (χ1n) is 6.24. The van der Waals surface area contributed by atoms with Crippen LogP contribution in [0.25, 0.3) is 0 Å². The van der Waals surface area contributed by atoms with Crippen LogP contribution >= 0.6 is 0 Å². The second-order valence-corrected chi connectivity index (χ2v) is 3.92. The van der Waals surface area contributed by atoms with Crippen molar-refractivity contribution >= 4 is 0 Å². The van der Waals surface area contributed by atoms with Gasteiger partial charge in [-0.3, -0.25) is 0 Å². The van der Waals surface area contributed by atoms with E-state index in [2.05, 4.69) is 0 Å². The number of para-hydroxylation sites is 1. The van der Waals surface area contributed by atoms with Gasteiger partial charge in [-0.05, 0) is 24.3 Å². The van der Waals surface area contributed by atoms with Crippen LogP contribution < -0.4 is 4.74 Å². The molecule has 0 bridgehead atoms.